The Morgan fingerprint density at radius 3 is 2.89 bits per heavy atom. The smallest absolute Gasteiger partial charge is 0.134 e. The average Bonchev–Trinajstić information content (AvgIpc) is 3.01. The van der Waals surface area contributed by atoms with Gasteiger partial charge in [0, 0.05) is 21.3 Å². The SMILES string of the molecule is CC(NCc1sccc1Br)c1cc2ccccc2o1. The summed E-state index contributed by atoms with van der Waals surface area (Å²) in [6.45, 7) is 2.97. The summed E-state index contributed by atoms with van der Waals surface area (Å²) in [6, 6.07) is 12.5. The summed E-state index contributed by atoms with van der Waals surface area (Å²) < 4.78 is 7.03. The maximum Gasteiger partial charge on any atom is 0.134 e. The Bertz CT molecular complexity index is 655. The number of para-hydroxylation sites is 1. The summed E-state index contributed by atoms with van der Waals surface area (Å²) in [5.74, 6) is 0.980. The Kier molecular flexibility index (Phi) is 3.73. The monoisotopic (exact) mass is 335 g/mol. The zero-order chi connectivity index (χ0) is 13.2. The van der Waals surface area contributed by atoms with Crippen molar-refractivity contribution in [3.8, 4) is 0 Å². The lowest BCUT2D eigenvalue weighted by Crippen LogP contribution is -2.17. The standard InChI is InChI=1S/C15H14BrNOS/c1-10(17-9-15-12(16)6-7-19-15)14-8-11-4-2-3-5-13(11)18-14/h2-8,10,17H,9H2,1H3. The number of hydrogen-bond donors (Lipinski definition) is 1. The maximum atomic E-state index is 5.86. The second-order valence-electron chi connectivity index (χ2n) is 4.48. The Morgan fingerprint density at radius 1 is 1.32 bits per heavy atom. The molecule has 2 aromatic heterocycles. The number of rotatable bonds is 4. The van der Waals surface area contributed by atoms with Crippen molar-refractivity contribution in [2.24, 2.45) is 0 Å². The van der Waals surface area contributed by atoms with Crippen molar-refractivity contribution in [3.63, 3.8) is 0 Å². The Balaban J connectivity index is 1.73. The summed E-state index contributed by atoms with van der Waals surface area (Å²) in [5.41, 5.74) is 0.948. The Morgan fingerprint density at radius 2 is 2.16 bits per heavy atom. The molecule has 0 aliphatic carbocycles. The minimum Gasteiger partial charge on any atom is -0.459 e. The Labute approximate surface area is 124 Å². The van der Waals surface area contributed by atoms with Crippen molar-refractivity contribution in [1.29, 1.82) is 0 Å². The van der Waals surface area contributed by atoms with Gasteiger partial charge in [-0.1, -0.05) is 18.2 Å². The lowest BCUT2D eigenvalue weighted by atomic mass is 10.2. The van der Waals surface area contributed by atoms with E-state index in [4.69, 9.17) is 4.42 Å². The zero-order valence-corrected chi connectivity index (χ0v) is 12.9. The molecule has 0 saturated carbocycles. The molecule has 1 unspecified atom stereocenters. The first kappa shape index (κ1) is 12.9. The van der Waals surface area contributed by atoms with Gasteiger partial charge in [-0.15, -0.1) is 11.3 Å². The minimum atomic E-state index is 0.196. The van der Waals surface area contributed by atoms with Gasteiger partial charge in [0.05, 0.1) is 6.04 Å². The number of halogens is 1. The molecule has 1 atom stereocenters. The van der Waals surface area contributed by atoms with Crippen molar-refractivity contribution >= 4 is 38.2 Å². The third-order valence-electron chi connectivity index (χ3n) is 3.13. The van der Waals surface area contributed by atoms with Crippen LogP contribution in [-0.4, -0.2) is 0 Å². The van der Waals surface area contributed by atoms with E-state index in [1.165, 1.54) is 9.35 Å². The number of hydrogen-bond acceptors (Lipinski definition) is 3. The molecule has 0 bridgehead atoms. The fourth-order valence-corrected chi connectivity index (χ4v) is 3.46. The number of benzene rings is 1. The lowest BCUT2D eigenvalue weighted by molar-refractivity contribution is 0.452. The molecule has 0 amide bonds. The van der Waals surface area contributed by atoms with Gasteiger partial charge < -0.3 is 9.73 Å². The van der Waals surface area contributed by atoms with Gasteiger partial charge in [-0.2, -0.15) is 0 Å². The highest BCUT2D eigenvalue weighted by Gasteiger charge is 2.11. The van der Waals surface area contributed by atoms with Crippen LogP contribution in [0.3, 0.4) is 0 Å². The first-order valence-electron chi connectivity index (χ1n) is 6.18. The van der Waals surface area contributed by atoms with Gasteiger partial charge in [0.2, 0.25) is 0 Å². The first-order valence-corrected chi connectivity index (χ1v) is 7.85. The number of fused-ring (bicyclic) bond motifs is 1. The van der Waals surface area contributed by atoms with E-state index in [1.54, 1.807) is 11.3 Å². The lowest BCUT2D eigenvalue weighted by Gasteiger charge is -2.10. The molecule has 2 heterocycles. The normalized spacial score (nSPS) is 12.9. The summed E-state index contributed by atoms with van der Waals surface area (Å²) in [4.78, 5) is 1.31. The quantitative estimate of drug-likeness (QED) is 0.716. The number of furan rings is 1. The molecule has 98 valence electrons. The first-order chi connectivity index (χ1) is 9.24. The highest BCUT2D eigenvalue weighted by molar-refractivity contribution is 9.10. The van der Waals surface area contributed by atoms with Crippen LogP contribution in [0.2, 0.25) is 0 Å². The van der Waals surface area contributed by atoms with E-state index in [0.29, 0.717) is 0 Å². The molecule has 0 radical (unpaired) electrons. The van der Waals surface area contributed by atoms with E-state index in [9.17, 15) is 0 Å². The van der Waals surface area contributed by atoms with Crippen molar-refractivity contribution in [2.75, 3.05) is 0 Å². The molecule has 3 aromatic rings. The molecule has 4 heteroatoms. The molecule has 3 rings (SSSR count). The van der Waals surface area contributed by atoms with Gasteiger partial charge in [-0.3, -0.25) is 0 Å². The van der Waals surface area contributed by atoms with E-state index in [2.05, 4.69) is 51.7 Å². The van der Waals surface area contributed by atoms with E-state index in [0.717, 1.165) is 23.3 Å². The van der Waals surface area contributed by atoms with Crippen LogP contribution in [0.25, 0.3) is 11.0 Å². The van der Waals surface area contributed by atoms with Crippen molar-refractivity contribution < 1.29 is 4.42 Å². The summed E-state index contributed by atoms with van der Waals surface area (Å²) in [6.07, 6.45) is 0. The van der Waals surface area contributed by atoms with Crippen LogP contribution in [-0.2, 0) is 6.54 Å². The topological polar surface area (TPSA) is 25.2 Å². The fourth-order valence-electron chi connectivity index (χ4n) is 2.01. The molecule has 1 N–H and O–H groups in total. The molecule has 0 aliphatic heterocycles. The largest absolute Gasteiger partial charge is 0.459 e. The van der Waals surface area contributed by atoms with Crippen molar-refractivity contribution in [2.45, 2.75) is 19.5 Å². The van der Waals surface area contributed by atoms with Crippen LogP contribution in [0.15, 0.2) is 50.7 Å². The Hall–Kier alpha value is -1.10. The fraction of sp³-hybridized carbons (Fsp3) is 0.200. The van der Waals surface area contributed by atoms with E-state index in [-0.39, 0.29) is 6.04 Å². The number of thiophene rings is 1. The molecular weight excluding hydrogens is 322 g/mol. The third kappa shape index (κ3) is 2.76. The minimum absolute atomic E-state index is 0.196. The van der Waals surface area contributed by atoms with Gasteiger partial charge in [0.15, 0.2) is 0 Å². The van der Waals surface area contributed by atoms with Gasteiger partial charge in [0.1, 0.15) is 11.3 Å². The summed E-state index contributed by atoms with van der Waals surface area (Å²) >= 11 is 5.30. The second kappa shape index (κ2) is 5.49. The number of nitrogens with one attached hydrogen (secondary N) is 1. The van der Waals surface area contributed by atoms with Crippen LogP contribution >= 0.6 is 27.3 Å². The molecule has 0 aliphatic rings. The summed E-state index contributed by atoms with van der Waals surface area (Å²) in [7, 11) is 0. The predicted molar refractivity (Wildman–Crippen MR) is 83.5 cm³/mol. The maximum absolute atomic E-state index is 5.86. The molecular formula is C15H14BrNOS. The van der Waals surface area contributed by atoms with Crippen molar-refractivity contribution in [3.05, 3.63) is 56.9 Å². The van der Waals surface area contributed by atoms with Gasteiger partial charge in [-0.25, -0.2) is 0 Å². The molecule has 0 spiro atoms. The second-order valence-corrected chi connectivity index (χ2v) is 6.34. The van der Waals surface area contributed by atoms with Crippen LogP contribution in [0.5, 0.6) is 0 Å². The average molecular weight is 336 g/mol. The predicted octanol–water partition coefficient (Wildman–Crippen LogP) is 5.11. The highest BCUT2D eigenvalue weighted by atomic mass is 79.9. The zero-order valence-electron chi connectivity index (χ0n) is 10.5. The summed E-state index contributed by atoms with van der Waals surface area (Å²) in [5, 5.41) is 6.74. The molecule has 1 aromatic carbocycles. The van der Waals surface area contributed by atoms with Crippen LogP contribution in [0, 0.1) is 0 Å². The van der Waals surface area contributed by atoms with Gasteiger partial charge in [0.25, 0.3) is 0 Å². The molecule has 19 heavy (non-hydrogen) atoms. The van der Waals surface area contributed by atoms with Crippen LogP contribution in [0.1, 0.15) is 23.6 Å². The van der Waals surface area contributed by atoms with Gasteiger partial charge in [-0.05, 0) is 46.4 Å². The van der Waals surface area contributed by atoms with Crippen LogP contribution in [0.4, 0.5) is 0 Å². The third-order valence-corrected chi connectivity index (χ3v) is 5.06. The van der Waals surface area contributed by atoms with E-state index >= 15 is 0 Å². The molecule has 2 nitrogen and oxygen atoms in total. The molecule has 0 saturated heterocycles. The van der Waals surface area contributed by atoms with Gasteiger partial charge >= 0.3 is 0 Å². The van der Waals surface area contributed by atoms with Crippen molar-refractivity contribution in [1.82, 2.24) is 5.32 Å². The molecule has 0 fully saturated rings. The van der Waals surface area contributed by atoms with E-state index in [1.807, 2.05) is 18.2 Å². The highest BCUT2D eigenvalue weighted by Crippen LogP contribution is 2.26. The van der Waals surface area contributed by atoms with E-state index < -0.39 is 0 Å². The van der Waals surface area contributed by atoms with Crippen LogP contribution < -0.4 is 5.32 Å².